The molecule has 0 aliphatic heterocycles. The summed E-state index contributed by atoms with van der Waals surface area (Å²) in [5, 5.41) is 9.80. The van der Waals surface area contributed by atoms with E-state index < -0.39 is 85.6 Å². The van der Waals surface area contributed by atoms with Crippen LogP contribution in [0.5, 0.6) is 5.75 Å². The van der Waals surface area contributed by atoms with Crippen LogP contribution in [0.4, 0.5) is 74.6 Å². The lowest BCUT2D eigenvalue weighted by Gasteiger charge is -2.44. The highest BCUT2D eigenvalue weighted by molar-refractivity contribution is 6.76. The number of allylic oxidation sites excluding steroid dienone is 2. The molecule has 22 heteroatoms. The first-order valence-corrected chi connectivity index (χ1v) is 20.3. The molecule has 0 aliphatic rings. The number of aliphatic hydroxyl groups excluding tert-OH is 1. The maximum Gasteiger partial charge on any atom is 0.460 e. The molecule has 0 heterocycles. The van der Waals surface area contributed by atoms with Gasteiger partial charge in [0.15, 0.2) is 8.32 Å². The third-order valence-corrected chi connectivity index (χ3v) is 15.8. The molecule has 0 amide bonds. The Labute approximate surface area is 332 Å². The van der Waals surface area contributed by atoms with Gasteiger partial charge in [-0.3, -0.25) is 0 Å². The van der Waals surface area contributed by atoms with Crippen molar-refractivity contribution < 1.29 is 93.6 Å². The summed E-state index contributed by atoms with van der Waals surface area (Å²) < 4.78 is 252. The van der Waals surface area contributed by atoms with Crippen LogP contribution in [0.15, 0.2) is 48.1 Å². The second-order valence-corrected chi connectivity index (χ2v) is 20.0. The highest BCUT2D eigenvalue weighted by Crippen LogP contribution is 2.64. The molecule has 1 N–H and O–H groups in total. The van der Waals surface area contributed by atoms with E-state index in [4.69, 9.17) is 13.9 Å². The Morgan fingerprint density at radius 1 is 0.695 bits per heavy atom. The summed E-state index contributed by atoms with van der Waals surface area (Å²) in [5.74, 6) is -56.4. The fraction of sp³-hybridized carbons (Fsp3) is 0.730. The van der Waals surface area contributed by atoms with Gasteiger partial charge in [0.1, 0.15) is 5.75 Å². The van der Waals surface area contributed by atoms with E-state index in [2.05, 4.69) is 0 Å². The number of ether oxygens (including phenoxy) is 2. The van der Waals surface area contributed by atoms with Crippen molar-refractivity contribution in [1.29, 1.82) is 0 Å². The minimum absolute atomic E-state index is 0.0426. The van der Waals surface area contributed by atoms with Gasteiger partial charge in [-0.05, 0) is 48.2 Å². The molecule has 0 bridgehead atoms. The van der Waals surface area contributed by atoms with Crippen molar-refractivity contribution in [3.8, 4) is 5.75 Å². The quantitative estimate of drug-likeness (QED) is 0.0486. The van der Waals surface area contributed by atoms with E-state index in [1.165, 1.54) is 34.8 Å². The molecule has 59 heavy (non-hydrogen) atoms. The monoisotopic (exact) mass is 908 g/mol. The van der Waals surface area contributed by atoms with Crippen LogP contribution in [0.3, 0.4) is 0 Å². The predicted octanol–water partition coefficient (Wildman–Crippen LogP) is 12.9. The van der Waals surface area contributed by atoms with Gasteiger partial charge in [0.2, 0.25) is 0 Å². The maximum atomic E-state index is 14.9. The second-order valence-electron chi connectivity index (χ2n) is 15.0. The molecule has 0 saturated heterocycles. The number of alkyl halides is 17. The molecule has 0 aromatic heterocycles. The Morgan fingerprint density at radius 3 is 1.58 bits per heavy atom. The average Bonchev–Trinajstić information content (AvgIpc) is 3.11. The average molecular weight is 909 g/mol. The van der Waals surface area contributed by atoms with Crippen LogP contribution in [0.25, 0.3) is 0 Å². The van der Waals surface area contributed by atoms with Gasteiger partial charge in [0.05, 0.1) is 19.8 Å². The summed E-state index contributed by atoms with van der Waals surface area (Å²) in [7, 11) is -2.35. The van der Waals surface area contributed by atoms with Crippen molar-refractivity contribution >= 4 is 8.32 Å². The fourth-order valence-corrected chi connectivity index (χ4v) is 10.9. The normalized spacial score (nSPS) is 16.6. The number of benzene rings is 1. The highest BCUT2D eigenvalue weighted by atomic mass is 28.4. The van der Waals surface area contributed by atoms with Crippen LogP contribution in [0.1, 0.15) is 66.9 Å². The fourth-order valence-electron chi connectivity index (χ4n) is 6.36. The Hall–Kier alpha value is -2.59. The zero-order chi connectivity index (χ0) is 46.4. The third-order valence-electron chi connectivity index (χ3n) is 10.1. The van der Waals surface area contributed by atoms with Crippen LogP contribution < -0.4 is 4.74 Å². The lowest BCUT2D eigenvalue weighted by atomic mass is 9.88. The van der Waals surface area contributed by atoms with E-state index in [0.29, 0.717) is 11.3 Å². The van der Waals surface area contributed by atoms with Gasteiger partial charge in [0, 0.05) is 31.5 Å². The van der Waals surface area contributed by atoms with Crippen LogP contribution in [-0.2, 0) is 15.8 Å². The lowest BCUT2D eigenvalue weighted by Crippen LogP contribution is -2.74. The lowest BCUT2D eigenvalue weighted by molar-refractivity contribution is -0.461. The summed E-state index contributed by atoms with van der Waals surface area (Å²) in [6, 6.07) is 5.89. The van der Waals surface area contributed by atoms with E-state index in [1.807, 2.05) is 25.1 Å². The molecule has 4 nitrogen and oxygen atoms in total. The SMILES string of the molecule is COc1ccc(CO[C@H]([C@@H](C)/C=C(C)/C=C/CCO[Si](CCC(F)(F)C(F)(F)C(F)(F)C(F)(F)C(F)(F)C(F)(F)C(F)(F)C(F)(F)F)(C(C)C)C(C)C)[C@@H](C)CO)cc1. The molecular formula is C37H49F17O4Si. The van der Waals surface area contributed by atoms with Gasteiger partial charge in [-0.25, -0.2) is 0 Å². The molecule has 0 fully saturated rings. The zero-order valence-electron chi connectivity index (χ0n) is 33.3. The zero-order valence-corrected chi connectivity index (χ0v) is 34.3. The number of halogens is 17. The smallest absolute Gasteiger partial charge is 0.460 e. The van der Waals surface area contributed by atoms with Gasteiger partial charge >= 0.3 is 47.6 Å². The number of hydrogen-bond acceptors (Lipinski definition) is 4. The van der Waals surface area contributed by atoms with Crippen LogP contribution in [0.2, 0.25) is 17.1 Å². The predicted molar refractivity (Wildman–Crippen MR) is 187 cm³/mol. The summed E-state index contributed by atoms with van der Waals surface area (Å²) in [6.45, 7) is 10.6. The minimum Gasteiger partial charge on any atom is -0.497 e. The van der Waals surface area contributed by atoms with Crippen molar-refractivity contribution in [2.24, 2.45) is 11.8 Å². The first-order valence-electron chi connectivity index (χ1n) is 18.1. The molecular weight excluding hydrogens is 859 g/mol. The number of rotatable bonds is 24. The third kappa shape index (κ3) is 11.1. The molecule has 1 rings (SSSR count). The van der Waals surface area contributed by atoms with Gasteiger partial charge < -0.3 is 19.0 Å². The molecule has 1 aromatic rings. The van der Waals surface area contributed by atoms with Gasteiger partial charge in [-0.1, -0.05) is 77.5 Å². The van der Waals surface area contributed by atoms with Crippen molar-refractivity contribution in [2.75, 3.05) is 20.3 Å². The van der Waals surface area contributed by atoms with Gasteiger partial charge in [-0.15, -0.1) is 0 Å². The van der Waals surface area contributed by atoms with E-state index >= 15 is 0 Å². The molecule has 0 spiro atoms. The van der Waals surface area contributed by atoms with E-state index in [-0.39, 0.29) is 38.1 Å². The van der Waals surface area contributed by atoms with E-state index in [1.54, 1.807) is 38.1 Å². The van der Waals surface area contributed by atoms with Crippen molar-refractivity contribution in [3.63, 3.8) is 0 Å². The first kappa shape index (κ1) is 54.4. The van der Waals surface area contributed by atoms with Crippen molar-refractivity contribution in [3.05, 3.63) is 53.6 Å². The molecule has 3 atom stereocenters. The first-order chi connectivity index (χ1) is 26.5. The number of methoxy groups -OCH3 is 1. The molecule has 1 aromatic carbocycles. The molecule has 0 aliphatic carbocycles. The second kappa shape index (κ2) is 19.6. The summed E-state index contributed by atoms with van der Waals surface area (Å²) in [4.78, 5) is 0. The Balaban J connectivity index is 3.23. The van der Waals surface area contributed by atoms with Crippen LogP contribution in [0, 0.1) is 11.8 Å². The molecule has 0 saturated carbocycles. The molecule has 0 unspecified atom stereocenters. The summed E-state index contributed by atoms with van der Waals surface area (Å²) in [6.07, 6.45) is -5.65. The minimum atomic E-state index is -8.66. The summed E-state index contributed by atoms with van der Waals surface area (Å²) >= 11 is 0. The Kier molecular flexibility index (Phi) is 18.1. The van der Waals surface area contributed by atoms with Crippen LogP contribution >= 0.6 is 0 Å². The van der Waals surface area contributed by atoms with Crippen molar-refractivity contribution in [2.45, 2.75) is 139 Å². The van der Waals surface area contributed by atoms with Crippen molar-refractivity contribution in [1.82, 2.24) is 0 Å². The summed E-state index contributed by atoms with van der Waals surface area (Å²) in [5.41, 5.74) is -0.0484. The standard InChI is InChI=1S/C37H49F17O4Si/c1-22(2)59(23(3)4,58-17-10-9-11-24(5)19-25(6)29(26(7)20-55)57-21-27-12-14-28(56-8)15-13-27)18-16-30(38,39)31(40,41)32(42,43)33(44,45)34(46,47)35(48,49)36(50,51)37(52,53)54/h9,11-15,19,22-23,25-26,29,55H,10,16-18,20-21H2,1-8H3/b11-9+,24-19+/t25-,26-,29+/m0/s1. The Bertz CT molecular complexity index is 1520. The number of aliphatic hydroxyl groups is 1. The molecule has 344 valence electrons. The van der Waals surface area contributed by atoms with Crippen LogP contribution in [-0.4, -0.2) is 87.5 Å². The Morgan fingerprint density at radius 2 is 1.15 bits per heavy atom. The topological polar surface area (TPSA) is 47.9 Å². The van der Waals surface area contributed by atoms with E-state index in [0.717, 1.165) is 5.56 Å². The van der Waals surface area contributed by atoms with E-state index in [9.17, 15) is 79.7 Å². The largest absolute Gasteiger partial charge is 0.497 e. The maximum absolute atomic E-state index is 14.9. The molecule has 0 radical (unpaired) electrons. The van der Waals surface area contributed by atoms with Gasteiger partial charge in [0.25, 0.3) is 0 Å². The number of hydrogen-bond donors (Lipinski definition) is 1. The van der Waals surface area contributed by atoms with Gasteiger partial charge in [-0.2, -0.15) is 74.6 Å². The highest BCUT2D eigenvalue weighted by Gasteiger charge is 2.95.